The Morgan fingerprint density at radius 2 is 1.80 bits per heavy atom. The molecule has 0 aliphatic carbocycles. The zero-order valence-electron chi connectivity index (χ0n) is 7.45. The number of fused-ring (bicyclic) bond motifs is 1. The minimum absolute atomic E-state index is 0. The highest BCUT2D eigenvalue weighted by atomic mass is 35.5. The van der Waals surface area contributed by atoms with Gasteiger partial charge in [-0.15, -0.1) is 12.4 Å². The lowest BCUT2D eigenvalue weighted by molar-refractivity contribution is -0.136. The molecule has 0 N–H and O–H groups in total. The number of nitrogens with zero attached hydrogens (tertiary/aromatic N) is 1. The Morgan fingerprint density at radius 1 is 1.07 bits per heavy atom. The van der Waals surface area contributed by atoms with E-state index in [1.165, 1.54) is 18.5 Å². The predicted molar refractivity (Wildman–Crippen MR) is 54.0 cm³/mol. The highest BCUT2D eigenvalue weighted by Gasteiger charge is 2.32. The Labute approximate surface area is 90.3 Å². The van der Waals surface area contributed by atoms with Crippen molar-refractivity contribution >= 4 is 23.2 Å². The van der Waals surface area contributed by atoms with Gasteiger partial charge in [0.1, 0.15) is 0 Å². The molecule has 2 aromatic rings. The summed E-state index contributed by atoms with van der Waals surface area (Å²) in [6.07, 6.45) is -1.61. The number of aromatic nitrogens is 1. The lowest BCUT2D eigenvalue weighted by atomic mass is 10.1. The summed E-state index contributed by atoms with van der Waals surface area (Å²) in [6.45, 7) is 0. The third kappa shape index (κ3) is 2.21. The lowest BCUT2D eigenvalue weighted by Crippen LogP contribution is -2.05. The van der Waals surface area contributed by atoms with Crippen LogP contribution in [0.2, 0.25) is 0 Å². The average Bonchev–Trinajstić information content (AvgIpc) is 2.15. The van der Waals surface area contributed by atoms with E-state index < -0.39 is 11.7 Å². The predicted octanol–water partition coefficient (Wildman–Crippen LogP) is 3.68. The first-order chi connectivity index (χ1) is 6.59. The molecule has 0 spiro atoms. The van der Waals surface area contributed by atoms with Gasteiger partial charge in [0.05, 0.1) is 5.56 Å². The molecule has 0 fully saturated rings. The monoisotopic (exact) mass is 233 g/mol. The molecule has 0 atom stereocenters. The molecule has 15 heavy (non-hydrogen) atoms. The van der Waals surface area contributed by atoms with Gasteiger partial charge < -0.3 is 0 Å². The van der Waals surface area contributed by atoms with Gasteiger partial charge in [-0.05, 0) is 17.5 Å². The minimum atomic E-state index is -4.32. The fourth-order valence-electron chi connectivity index (χ4n) is 1.36. The van der Waals surface area contributed by atoms with Crippen LogP contribution in [-0.4, -0.2) is 4.98 Å². The number of hydrogen-bond donors (Lipinski definition) is 0. The molecule has 1 heterocycles. The highest BCUT2D eigenvalue weighted by Crippen LogP contribution is 2.33. The molecular formula is C10H7ClF3N. The van der Waals surface area contributed by atoms with Crippen LogP contribution in [-0.2, 0) is 6.18 Å². The van der Waals surface area contributed by atoms with E-state index in [1.54, 1.807) is 12.1 Å². The SMILES string of the molecule is Cl.FC(F)(F)c1cccc2ccncc12. The molecule has 1 aromatic heterocycles. The van der Waals surface area contributed by atoms with Gasteiger partial charge in [0.2, 0.25) is 0 Å². The molecule has 0 saturated carbocycles. The summed E-state index contributed by atoms with van der Waals surface area (Å²) in [6, 6.07) is 5.64. The number of alkyl halides is 3. The summed E-state index contributed by atoms with van der Waals surface area (Å²) in [5.74, 6) is 0. The maximum atomic E-state index is 12.5. The van der Waals surface area contributed by atoms with Crippen molar-refractivity contribution in [1.29, 1.82) is 0 Å². The first-order valence-electron chi connectivity index (χ1n) is 3.99. The summed E-state index contributed by atoms with van der Waals surface area (Å²) in [5.41, 5.74) is -0.636. The number of pyridine rings is 1. The third-order valence-electron chi connectivity index (χ3n) is 1.99. The van der Waals surface area contributed by atoms with E-state index in [0.717, 1.165) is 6.07 Å². The van der Waals surface area contributed by atoms with Gasteiger partial charge in [-0.1, -0.05) is 12.1 Å². The van der Waals surface area contributed by atoms with Crippen molar-refractivity contribution < 1.29 is 13.2 Å². The zero-order chi connectivity index (χ0) is 10.2. The molecule has 5 heteroatoms. The van der Waals surface area contributed by atoms with Crippen LogP contribution in [0.4, 0.5) is 13.2 Å². The molecule has 2 rings (SSSR count). The van der Waals surface area contributed by atoms with Gasteiger partial charge in [0, 0.05) is 17.8 Å². The first kappa shape index (κ1) is 11.8. The number of hydrogen-bond acceptors (Lipinski definition) is 1. The second-order valence-corrected chi connectivity index (χ2v) is 2.90. The molecule has 0 radical (unpaired) electrons. The van der Waals surface area contributed by atoms with Crippen LogP contribution >= 0.6 is 12.4 Å². The van der Waals surface area contributed by atoms with Crippen LogP contribution in [0.1, 0.15) is 5.56 Å². The van der Waals surface area contributed by atoms with Gasteiger partial charge in [-0.3, -0.25) is 4.98 Å². The molecule has 1 aromatic carbocycles. The average molecular weight is 234 g/mol. The molecule has 1 nitrogen and oxygen atoms in total. The standard InChI is InChI=1S/C10H6F3N.ClH/c11-10(12,13)9-3-1-2-7-4-5-14-6-8(7)9;/h1-6H;1H. The van der Waals surface area contributed by atoms with Crippen molar-refractivity contribution in [3.05, 3.63) is 42.2 Å². The van der Waals surface area contributed by atoms with E-state index in [2.05, 4.69) is 4.98 Å². The zero-order valence-corrected chi connectivity index (χ0v) is 8.27. The molecular weight excluding hydrogens is 227 g/mol. The normalized spacial score (nSPS) is 11.1. The summed E-state index contributed by atoms with van der Waals surface area (Å²) in [7, 11) is 0. The van der Waals surface area contributed by atoms with Crippen LogP contribution in [0, 0.1) is 0 Å². The van der Waals surface area contributed by atoms with E-state index in [4.69, 9.17) is 0 Å². The first-order valence-corrected chi connectivity index (χ1v) is 3.99. The van der Waals surface area contributed by atoms with Crippen molar-refractivity contribution in [3.63, 3.8) is 0 Å². The summed E-state index contributed by atoms with van der Waals surface area (Å²) in [4.78, 5) is 3.69. The fourth-order valence-corrected chi connectivity index (χ4v) is 1.36. The second-order valence-electron chi connectivity index (χ2n) is 2.90. The van der Waals surface area contributed by atoms with E-state index >= 15 is 0 Å². The van der Waals surface area contributed by atoms with Crippen molar-refractivity contribution in [2.75, 3.05) is 0 Å². The number of halogens is 4. The molecule has 0 amide bonds. The number of benzene rings is 1. The Bertz CT molecular complexity index is 462. The van der Waals surface area contributed by atoms with Gasteiger partial charge in [0.15, 0.2) is 0 Å². The molecule has 0 bridgehead atoms. The van der Waals surface area contributed by atoms with Gasteiger partial charge >= 0.3 is 6.18 Å². The third-order valence-corrected chi connectivity index (χ3v) is 1.99. The smallest absolute Gasteiger partial charge is 0.264 e. The molecule has 0 saturated heterocycles. The van der Waals surface area contributed by atoms with Crippen LogP contribution in [0.25, 0.3) is 10.8 Å². The molecule has 0 aliphatic heterocycles. The quantitative estimate of drug-likeness (QED) is 0.677. The van der Waals surface area contributed by atoms with E-state index in [1.807, 2.05) is 0 Å². The maximum Gasteiger partial charge on any atom is 0.417 e. The topological polar surface area (TPSA) is 12.9 Å². The molecule has 0 aliphatic rings. The minimum Gasteiger partial charge on any atom is -0.264 e. The van der Waals surface area contributed by atoms with Crippen LogP contribution < -0.4 is 0 Å². The van der Waals surface area contributed by atoms with Crippen molar-refractivity contribution in [1.82, 2.24) is 4.98 Å². The molecule has 0 unspecified atom stereocenters. The van der Waals surface area contributed by atoms with E-state index in [9.17, 15) is 13.2 Å². The Morgan fingerprint density at radius 3 is 2.47 bits per heavy atom. The van der Waals surface area contributed by atoms with Crippen molar-refractivity contribution in [2.24, 2.45) is 0 Å². The van der Waals surface area contributed by atoms with Gasteiger partial charge in [-0.2, -0.15) is 13.2 Å². The van der Waals surface area contributed by atoms with Crippen LogP contribution in [0.15, 0.2) is 36.7 Å². The lowest BCUT2D eigenvalue weighted by Gasteiger charge is -2.09. The van der Waals surface area contributed by atoms with E-state index in [-0.39, 0.29) is 17.8 Å². The fraction of sp³-hybridized carbons (Fsp3) is 0.100. The Hall–Kier alpha value is -1.29. The highest BCUT2D eigenvalue weighted by molar-refractivity contribution is 5.85. The number of rotatable bonds is 0. The maximum absolute atomic E-state index is 12.5. The summed E-state index contributed by atoms with van der Waals surface area (Å²) < 4.78 is 37.5. The van der Waals surface area contributed by atoms with Crippen LogP contribution in [0.5, 0.6) is 0 Å². The summed E-state index contributed by atoms with van der Waals surface area (Å²) >= 11 is 0. The Kier molecular flexibility index (Phi) is 3.19. The largest absolute Gasteiger partial charge is 0.417 e. The summed E-state index contributed by atoms with van der Waals surface area (Å²) in [5, 5.41) is 0.692. The second kappa shape index (κ2) is 4.06. The van der Waals surface area contributed by atoms with Crippen molar-refractivity contribution in [3.8, 4) is 0 Å². The van der Waals surface area contributed by atoms with E-state index in [0.29, 0.717) is 5.39 Å². The van der Waals surface area contributed by atoms with Crippen LogP contribution in [0.3, 0.4) is 0 Å². The van der Waals surface area contributed by atoms with Gasteiger partial charge in [-0.25, -0.2) is 0 Å². The molecule has 80 valence electrons. The van der Waals surface area contributed by atoms with Crippen molar-refractivity contribution in [2.45, 2.75) is 6.18 Å². The Balaban J connectivity index is 0.00000112. The van der Waals surface area contributed by atoms with Gasteiger partial charge in [0.25, 0.3) is 0 Å².